The predicted octanol–water partition coefficient (Wildman–Crippen LogP) is 2.81. The molecule has 2 rings (SSSR count). The summed E-state index contributed by atoms with van der Waals surface area (Å²) >= 11 is 3.34. The maximum atomic E-state index is 5.17. The average Bonchev–Trinajstić information content (AvgIpc) is 2.62. The van der Waals surface area contributed by atoms with Crippen LogP contribution in [-0.4, -0.2) is 9.97 Å². The third kappa shape index (κ3) is 1.62. The normalized spacial score (nSPS) is 10.3. The van der Waals surface area contributed by atoms with Gasteiger partial charge in [0, 0.05) is 6.20 Å². The van der Waals surface area contributed by atoms with Crippen LogP contribution in [0.4, 0.5) is 0 Å². The third-order valence-corrected chi connectivity index (χ3v) is 2.44. The van der Waals surface area contributed by atoms with E-state index in [0.717, 1.165) is 10.2 Å². The van der Waals surface area contributed by atoms with Gasteiger partial charge in [-0.05, 0) is 35.0 Å². The van der Waals surface area contributed by atoms with E-state index in [9.17, 15) is 0 Å². The van der Waals surface area contributed by atoms with Crippen LogP contribution in [-0.2, 0) is 0 Å². The van der Waals surface area contributed by atoms with Gasteiger partial charge < -0.3 is 4.42 Å². The Bertz CT molecular complexity index is 412. The Kier molecular flexibility index (Phi) is 2.14. The van der Waals surface area contributed by atoms with Crippen LogP contribution in [0, 0.1) is 6.92 Å². The van der Waals surface area contributed by atoms with Crippen molar-refractivity contribution in [2.75, 3.05) is 0 Å². The molecule has 0 aliphatic heterocycles. The zero-order valence-electron chi connectivity index (χ0n) is 6.99. The van der Waals surface area contributed by atoms with Gasteiger partial charge in [0.1, 0.15) is 0 Å². The molecule has 2 heterocycles. The minimum absolute atomic E-state index is 0.616. The maximum absolute atomic E-state index is 5.17. The number of hydrogen-bond donors (Lipinski definition) is 0. The highest BCUT2D eigenvalue weighted by Gasteiger charge is 2.05. The summed E-state index contributed by atoms with van der Waals surface area (Å²) < 4.78 is 6.08. The van der Waals surface area contributed by atoms with E-state index in [1.54, 1.807) is 12.5 Å². The Morgan fingerprint density at radius 1 is 1.46 bits per heavy atom. The molecular weight excluding hydrogens is 232 g/mol. The van der Waals surface area contributed by atoms with E-state index < -0.39 is 0 Å². The molecule has 0 atom stereocenters. The van der Waals surface area contributed by atoms with Gasteiger partial charge in [-0.25, -0.2) is 9.97 Å². The Labute approximate surface area is 84.0 Å². The summed E-state index contributed by atoms with van der Waals surface area (Å²) in [6, 6.07) is 3.65. The van der Waals surface area contributed by atoms with Gasteiger partial charge in [0.25, 0.3) is 0 Å². The van der Waals surface area contributed by atoms with Crippen LogP contribution in [0.5, 0.6) is 0 Å². The summed E-state index contributed by atoms with van der Waals surface area (Å²) in [4.78, 5) is 8.39. The minimum atomic E-state index is 0.616. The molecule has 3 nitrogen and oxygen atoms in total. The van der Waals surface area contributed by atoms with E-state index in [1.807, 2.05) is 19.1 Å². The molecule has 0 aromatic carbocycles. The second-order valence-corrected chi connectivity index (χ2v) is 3.46. The Morgan fingerprint density at radius 2 is 2.31 bits per heavy atom. The molecule has 0 radical (unpaired) electrons. The molecule has 0 aliphatic rings. The molecule has 0 fully saturated rings. The monoisotopic (exact) mass is 238 g/mol. The molecule has 0 bridgehead atoms. The molecule has 13 heavy (non-hydrogen) atoms. The molecule has 2 aromatic rings. The van der Waals surface area contributed by atoms with Crippen LogP contribution in [0.1, 0.15) is 5.69 Å². The molecule has 0 N–H and O–H groups in total. The Hall–Kier alpha value is -1.16. The molecule has 0 spiro atoms. The van der Waals surface area contributed by atoms with Gasteiger partial charge >= 0.3 is 0 Å². The standard InChI is InChI=1S/C9H7BrN2O/c1-6-7(10)5-11-9(12-6)8-3-2-4-13-8/h2-5H,1H3. The molecule has 4 heteroatoms. The summed E-state index contributed by atoms with van der Waals surface area (Å²) in [5, 5.41) is 0. The van der Waals surface area contributed by atoms with Crippen molar-refractivity contribution in [2.24, 2.45) is 0 Å². The molecule has 0 aliphatic carbocycles. The SMILES string of the molecule is Cc1nc(-c2ccco2)ncc1Br. The summed E-state index contributed by atoms with van der Waals surface area (Å²) in [6.07, 6.45) is 3.33. The lowest BCUT2D eigenvalue weighted by Gasteiger charge is -1.98. The first-order valence-corrected chi connectivity index (χ1v) is 4.59. The van der Waals surface area contributed by atoms with Crippen molar-refractivity contribution in [3.63, 3.8) is 0 Å². The van der Waals surface area contributed by atoms with Gasteiger partial charge in [-0.15, -0.1) is 0 Å². The second kappa shape index (κ2) is 3.30. The number of aryl methyl sites for hydroxylation is 1. The zero-order valence-corrected chi connectivity index (χ0v) is 8.58. The third-order valence-electron chi connectivity index (χ3n) is 1.66. The molecule has 66 valence electrons. The topological polar surface area (TPSA) is 38.9 Å². The number of nitrogens with zero attached hydrogens (tertiary/aromatic N) is 2. The van der Waals surface area contributed by atoms with E-state index >= 15 is 0 Å². The van der Waals surface area contributed by atoms with Crippen LogP contribution in [0.2, 0.25) is 0 Å². The van der Waals surface area contributed by atoms with E-state index in [2.05, 4.69) is 25.9 Å². The highest BCUT2D eigenvalue weighted by atomic mass is 79.9. The van der Waals surface area contributed by atoms with Crippen molar-refractivity contribution in [1.29, 1.82) is 0 Å². The van der Waals surface area contributed by atoms with Crippen LogP contribution < -0.4 is 0 Å². The zero-order chi connectivity index (χ0) is 9.26. The van der Waals surface area contributed by atoms with Gasteiger partial charge in [0.2, 0.25) is 0 Å². The van der Waals surface area contributed by atoms with E-state index in [4.69, 9.17) is 4.42 Å². The van der Waals surface area contributed by atoms with Gasteiger partial charge in [-0.2, -0.15) is 0 Å². The summed E-state index contributed by atoms with van der Waals surface area (Å²) in [5.74, 6) is 1.31. The first kappa shape index (κ1) is 8.44. The Morgan fingerprint density at radius 3 is 2.92 bits per heavy atom. The van der Waals surface area contributed by atoms with Crippen LogP contribution in [0.3, 0.4) is 0 Å². The first-order chi connectivity index (χ1) is 6.27. The van der Waals surface area contributed by atoms with Gasteiger partial charge in [-0.1, -0.05) is 0 Å². The summed E-state index contributed by atoms with van der Waals surface area (Å²) in [5.41, 5.74) is 0.904. The average molecular weight is 239 g/mol. The van der Waals surface area contributed by atoms with Gasteiger partial charge in [-0.3, -0.25) is 0 Å². The fourth-order valence-corrected chi connectivity index (χ4v) is 1.17. The number of aromatic nitrogens is 2. The van der Waals surface area contributed by atoms with Crippen molar-refractivity contribution in [3.05, 3.63) is 34.8 Å². The maximum Gasteiger partial charge on any atom is 0.195 e. The smallest absolute Gasteiger partial charge is 0.195 e. The van der Waals surface area contributed by atoms with Crippen LogP contribution >= 0.6 is 15.9 Å². The molecule has 0 saturated heterocycles. The first-order valence-electron chi connectivity index (χ1n) is 3.80. The molecule has 0 saturated carbocycles. The van der Waals surface area contributed by atoms with E-state index in [-0.39, 0.29) is 0 Å². The highest BCUT2D eigenvalue weighted by molar-refractivity contribution is 9.10. The highest BCUT2D eigenvalue weighted by Crippen LogP contribution is 2.18. The second-order valence-electron chi connectivity index (χ2n) is 2.60. The molecule has 0 amide bonds. The Balaban J connectivity index is 2.49. The van der Waals surface area contributed by atoms with Crippen molar-refractivity contribution < 1.29 is 4.42 Å². The number of furan rings is 1. The quantitative estimate of drug-likeness (QED) is 0.767. The van der Waals surface area contributed by atoms with Crippen molar-refractivity contribution in [3.8, 4) is 11.6 Å². The largest absolute Gasteiger partial charge is 0.461 e. The summed E-state index contributed by atoms with van der Waals surface area (Å²) in [6.45, 7) is 1.91. The molecule has 2 aromatic heterocycles. The number of rotatable bonds is 1. The molecular formula is C9H7BrN2O. The van der Waals surface area contributed by atoms with E-state index in [0.29, 0.717) is 11.6 Å². The minimum Gasteiger partial charge on any atom is -0.461 e. The number of halogens is 1. The fourth-order valence-electron chi connectivity index (χ4n) is 0.977. The fraction of sp³-hybridized carbons (Fsp3) is 0.111. The lowest BCUT2D eigenvalue weighted by atomic mass is 10.4. The van der Waals surface area contributed by atoms with Crippen molar-refractivity contribution in [2.45, 2.75) is 6.92 Å². The summed E-state index contributed by atoms with van der Waals surface area (Å²) in [7, 11) is 0. The van der Waals surface area contributed by atoms with Crippen molar-refractivity contribution in [1.82, 2.24) is 9.97 Å². The number of hydrogen-bond acceptors (Lipinski definition) is 3. The van der Waals surface area contributed by atoms with Crippen LogP contribution in [0.25, 0.3) is 11.6 Å². The van der Waals surface area contributed by atoms with Crippen LogP contribution in [0.15, 0.2) is 33.5 Å². The molecule has 0 unspecified atom stereocenters. The lowest BCUT2D eigenvalue weighted by molar-refractivity contribution is 0.577. The van der Waals surface area contributed by atoms with Gasteiger partial charge in [0.05, 0.1) is 16.4 Å². The lowest BCUT2D eigenvalue weighted by Crippen LogP contribution is -1.90. The van der Waals surface area contributed by atoms with Gasteiger partial charge in [0.15, 0.2) is 11.6 Å². The van der Waals surface area contributed by atoms with E-state index in [1.165, 1.54) is 0 Å². The predicted molar refractivity (Wildman–Crippen MR) is 52.2 cm³/mol. The van der Waals surface area contributed by atoms with Crippen molar-refractivity contribution >= 4 is 15.9 Å².